The summed E-state index contributed by atoms with van der Waals surface area (Å²) in [5.74, 6) is -1.17. The number of carboxylic acid groups (broad SMARTS) is 1. The van der Waals surface area contributed by atoms with E-state index in [1.165, 1.54) is 12.1 Å². The molecule has 1 saturated heterocycles. The van der Waals surface area contributed by atoms with Gasteiger partial charge >= 0.3 is 5.97 Å². The van der Waals surface area contributed by atoms with Crippen molar-refractivity contribution in [3.05, 3.63) is 35.4 Å². The zero-order valence-corrected chi connectivity index (χ0v) is 11.3. The highest BCUT2D eigenvalue weighted by Crippen LogP contribution is 2.27. The van der Waals surface area contributed by atoms with Gasteiger partial charge in [0, 0.05) is 12.6 Å². The summed E-state index contributed by atoms with van der Waals surface area (Å²) in [4.78, 5) is 23.1. The molecule has 2 rings (SSSR count). The van der Waals surface area contributed by atoms with Crippen LogP contribution >= 0.6 is 0 Å². The molecule has 2 unspecified atom stereocenters. The zero-order chi connectivity index (χ0) is 14.8. The average molecular weight is 278 g/mol. The third kappa shape index (κ3) is 2.81. The quantitative estimate of drug-likeness (QED) is 0.738. The molecule has 1 aromatic carbocycles. The van der Waals surface area contributed by atoms with Gasteiger partial charge in [-0.25, -0.2) is 4.79 Å². The van der Waals surface area contributed by atoms with E-state index in [9.17, 15) is 9.59 Å². The Hall–Kier alpha value is -1.92. The molecule has 1 aliphatic rings. The van der Waals surface area contributed by atoms with Crippen molar-refractivity contribution in [2.24, 2.45) is 11.1 Å². The largest absolute Gasteiger partial charge is 0.478 e. The number of ether oxygens (including phenoxy) is 1. The predicted octanol–water partition coefficient (Wildman–Crippen LogP) is 0.365. The molecule has 6 nitrogen and oxygen atoms in total. The number of carbonyl (C=O) groups is 2. The van der Waals surface area contributed by atoms with Gasteiger partial charge in [0.05, 0.1) is 24.2 Å². The van der Waals surface area contributed by atoms with E-state index in [0.29, 0.717) is 13.2 Å². The number of carbonyl (C=O) groups excluding carboxylic acids is 1. The second-order valence-corrected chi connectivity index (χ2v) is 5.23. The van der Waals surface area contributed by atoms with E-state index >= 15 is 0 Å². The van der Waals surface area contributed by atoms with Crippen LogP contribution in [0, 0.1) is 5.41 Å². The van der Waals surface area contributed by atoms with Crippen LogP contribution in [0.2, 0.25) is 0 Å². The molecule has 1 fully saturated rings. The molecule has 1 aromatic rings. The number of hydrogen-bond acceptors (Lipinski definition) is 4. The lowest BCUT2D eigenvalue weighted by Crippen LogP contribution is -2.49. The van der Waals surface area contributed by atoms with Crippen LogP contribution < -0.4 is 11.1 Å². The van der Waals surface area contributed by atoms with Gasteiger partial charge < -0.3 is 20.9 Å². The molecule has 0 aromatic heterocycles. The summed E-state index contributed by atoms with van der Waals surface area (Å²) in [5, 5.41) is 11.7. The number of rotatable bonds is 4. The molecule has 2 atom stereocenters. The van der Waals surface area contributed by atoms with E-state index < -0.39 is 11.4 Å². The van der Waals surface area contributed by atoms with Gasteiger partial charge in [-0.1, -0.05) is 12.1 Å². The fourth-order valence-corrected chi connectivity index (χ4v) is 2.12. The van der Waals surface area contributed by atoms with Gasteiger partial charge in [-0.05, 0) is 24.6 Å². The summed E-state index contributed by atoms with van der Waals surface area (Å²) in [6.45, 7) is 2.71. The van der Waals surface area contributed by atoms with E-state index in [0.717, 1.165) is 5.56 Å². The van der Waals surface area contributed by atoms with E-state index in [2.05, 4.69) is 5.32 Å². The van der Waals surface area contributed by atoms with Gasteiger partial charge in [0.2, 0.25) is 5.91 Å². The summed E-state index contributed by atoms with van der Waals surface area (Å²) in [7, 11) is 0. The standard InChI is InChI=1S/C14H18N2O4/c1-14(8-20-7-11(14)15)13(19)16-6-9-3-2-4-10(5-9)12(17)18/h2-5,11H,6-8,15H2,1H3,(H,16,19)(H,17,18). The van der Waals surface area contributed by atoms with Crippen LogP contribution in [0.15, 0.2) is 24.3 Å². The van der Waals surface area contributed by atoms with E-state index in [-0.39, 0.29) is 24.1 Å². The molecule has 1 amide bonds. The summed E-state index contributed by atoms with van der Waals surface area (Å²) in [6.07, 6.45) is 0. The van der Waals surface area contributed by atoms with Gasteiger partial charge in [-0.3, -0.25) is 4.79 Å². The van der Waals surface area contributed by atoms with Crippen LogP contribution in [0.4, 0.5) is 0 Å². The molecular weight excluding hydrogens is 260 g/mol. The van der Waals surface area contributed by atoms with Gasteiger partial charge in [-0.2, -0.15) is 0 Å². The van der Waals surface area contributed by atoms with Crippen molar-refractivity contribution in [2.45, 2.75) is 19.5 Å². The fraction of sp³-hybridized carbons (Fsp3) is 0.429. The fourth-order valence-electron chi connectivity index (χ4n) is 2.12. The van der Waals surface area contributed by atoms with Crippen molar-refractivity contribution >= 4 is 11.9 Å². The maximum atomic E-state index is 12.2. The summed E-state index contributed by atoms with van der Waals surface area (Å²) in [5.41, 5.74) is 6.08. The third-order valence-corrected chi connectivity index (χ3v) is 3.66. The number of aromatic carboxylic acids is 1. The maximum absolute atomic E-state index is 12.2. The minimum atomic E-state index is -0.989. The highest BCUT2D eigenvalue weighted by atomic mass is 16.5. The third-order valence-electron chi connectivity index (χ3n) is 3.66. The Labute approximate surface area is 116 Å². The minimum absolute atomic E-state index is 0.178. The Balaban J connectivity index is 2.00. The van der Waals surface area contributed by atoms with Crippen LogP contribution in [0.1, 0.15) is 22.8 Å². The molecule has 4 N–H and O–H groups in total. The molecule has 108 valence electrons. The number of carboxylic acids is 1. The molecule has 0 spiro atoms. The van der Waals surface area contributed by atoms with E-state index in [4.69, 9.17) is 15.6 Å². The van der Waals surface area contributed by atoms with Crippen LogP contribution in [0.3, 0.4) is 0 Å². The molecule has 0 bridgehead atoms. The van der Waals surface area contributed by atoms with Gasteiger partial charge in [-0.15, -0.1) is 0 Å². The summed E-state index contributed by atoms with van der Waals surface area (Å²) in [6, 6.07) is 6.14. The van der Waals surface area contributed by atoms with Crippen LogP contribution in [0.5, 0.6) is 0 Å². The van der Waals surface area contributed by atoms with Crippen molar-refractivity contribution in [3.63, 3.8) is 0 Å². The molecule has 1 aliphatic heterocycles. The van der Waals surface area contributed by atoms with Crippen LogP contribution in [-0.4, -0.2) is 36.2 Å². The summed E-state index contributed by atoms with van der Waals surface area (Å²) >= 11 is 0. The Morgan fingerprint density at radius 3 is 2.90 bits per heavy atom. The van der Waals surface area contributed by atoms with Gasteiger partial charge in [0.25, 0.3) is 0 Å². The number of benzene rings is 1. The maximum Gasteiger partial charge on any atom is 0.335 e. The molecule has 0 saturated carbocycles. The predicted molar refractivity (Wildman–Crippen MR) is 72.1 cm³/mol. The highest BCUT2D eigenvalue weighted by Gasteiger charge is 2.44. The number of amides is 1. The van der Waals surface area contributed by atoms with Crippen molar-refractivity contribution in [2.75, 3.05) is 13.2 Å². The molecular formula is C14H18N2O4. The van der Waals surface area contributed by atoms with Gasteiger partial charge in [0.15, 0.2) is 0 Å². The molecule has 0 aliphatic carbocycles. The first-order valence-corrected chi connectivity index (χ1v) is 6.37. The van der Waals surface area contributed by atoms with Crippen LogP contribution in [0.25, 0.3) is 0 Å². The Kier molecular flexibility index (Phi) is 4.06. The second kappa shape index (κ2) is 5.60. The number of nitrogens with one attached hydrogen (secondary N) is 1. The SMILES string of the molecule is CC1(C(=O)NCc2cccc(C(=O)O)c2)COCC1N. The monoisotopic (exact) mass is 278 g/mol. The van der Waals surface area contributed by atoms with Crippen molar-refractivity contribution in [3.8, 4) is 0 Å². The molecule has 1 heterocycles. The average Bonchev–Trinajstić information content (AvgIpc) is 2.77. The molecule has 6 heteroatoms. The Bertz CT molecular complexity index is 532. The first kappa shape index (κ1) is 14.5. The highest BCUT2D eigenvalue weighted by molar-refractivity contribution is 5.88. The lowest BCUT2D eigenvalue weighted by molar-refractivity contribution is -0.130. The zero-order valence-electron chi connectivity index (χ0n) is 11.3. The minimum Gasteiger partial charge on any atom is -0.478 e. The van der Waals surface area contributed by atoms with E-state index in [1.54, 1.807) is 19.1 Å². The van der Waals surface area contributed by atoms with Gasteiger partial charge in [0.1, 0.15) is 0 Å². The normalized spacial score (nSPS) is 25.4. The molecule has 0 radical (unpaired) electrons. The lowest BCUT2D eigenvalue weighted by atomic mass is 9.85. The second-order valence-electron chi connectivity index (χ2n) is 5.23. The first-order valence-electron chi connectivity index (χ1n) is 6.37. The van der Waals surface area contributed by atoms with Crippen molar-refractivity contribution < 1.29 is 19.4 Å². The smallest absolute Gasteiger partial charge is 0.335 e. The Morgan fingerprint density at radius 1 is 1.55 bits per heavy atom. The first-order chi connectivity index (χ1) is 9.43. The summed E-state index contributed by atoms with van der Waals surface area (Å²) < 4.78 is 5.23. The van der Waals surface area contributed by atoms with Crippen LogP contribution in [-0.2, 0) is 16.1 Å². The van der Waals surface area contributed by atoms with Crippen molar-refractivity contribution in [1.29, 1.82) is 0 Å². The van der Waals surface area contributed by atoms with E-state index in [1.807, 2.05) is 0 Å². The molecule has 20 heavy (non-hydrogen) atoms. The number of hydrogen-bond donors (Lipinski definition) is 3. The number of nitrogens with two attached hydrogens (primary N) is 1. The van der Waals surface area contributed by atoms with Crippen molar-refractivity contribution in [1.82, 2.24) is 5.32 Å². The Morgan fingerprint density at radius 2 is 2.30 bits per heavy atom. The topological polar surface area (TPSA) is 102 Å². The lowest BCUT2D eigenvalue weighted by Gasteiger charge is -2.25.